The maximum atomic E-state index is 5.11. The Morgan fingerprint density at radius 3 is 2.70 bits per heavy atom. The highest BCUT2D eigenvalue weighted by atomic mass is 35.5. The van der Waals surface area contributed by atoms with Crippen LogP contribution < -0.4 is 0 Å². The Labute approximate surface area is 67.9 Å². The summed E-state index contributed by atoms with van der Waals surface area (Å²) >= 11 is 5.10. The summed E-state index contributed by atoms with van der Waals surface area (Å²) in [7, 11) is 0. The molecule has 2 heteroatoms. The second kappa shape index (κ2) is 6.92. The molecular weight excluding hydrogens is 148 g/mol. The lowest BCUT2D eigenvalue weighted by molar-refractivity contribution is 0.268. The molecule has 1 atom stereocenters. The SMILES string of the molecule is C#CC(CCCCC)OCl. The first kappa shape index (κ1) is 9.81. The maximum absolute atomic E-state index is 5.11. The number of unbranched alkanes of at least 4 members (excludes halogenated alkanes) is 2. The summed E-state index contributed by atoms with van der Waals surface area (Å²) in [6.07, 6.45) is 9.26. The lowest BCUT2D eigenvalue weighted by Gasteiger charge is -2.03. The van der Waals surface area contributed by atoms with Crippen molar-refractivity contribution in [1.29, 1.82) is 0 Å². The molecular formula is C8H13ClO. The Kier molecular flexibility index (Phi) is 6.79. The fourth-order valence-corrected chi connectivity index (χ4v) is 0.874. The zero-order valence-corrected chi connectivity index (χ0v) is 7.03. The van der Waals surface area contributed by atoms with Gasteiger partial charge in [-0.2, -0.15) is 0 Å². The Hall–Kier alpha value is -0.190. The van der Waals surface area contributed by atoms with E-state index in [-0.39, 0.29) is 6.10 Å². The van der Waals surface area contributed by atoms with E-state index in [9.17, 15) is 0 Å². The van der Waals surface area contributed by atoms with E-state index in [0.717, 1.165) is 12.8 Å². The minimum Gasteiger partial charge on any atom is -0.263 e. The standard InChI is InChI=1S/C8H13ClO/c1-3-5-6-7-8(4-2)10-9/h2,8H,3,5-7H2,1H3. The van der Waals surface area contributed by atoms with Crippen LogP contribution in [0.4, 0.5) is 0 Å². The van der Waals surface area contributed by atoms with Gasteiger partial charge in [0.25, 0.3) is 0 Å². The Bertz CT molecular complexity index is 106. The van der Waals surface area contributed by atoms with Gasteiger partial charge in [-0.1, -0.05) is 25.7 Å². The second-order valence-corrected chi connectivity index (χ2v) is 2.42. The predicted molar refractivity (Wildman–Crippen MR) is 43.7 cm³/mol. The molecule has 0 aliphatic carbocycles. The fourth-order valence-electron chi connectivity index (χ4n) is 0.733. The summed E-state index contributed by atoms with van der Waals surface area (Å²) in [6.45, 7) is 2.15. The summed E-state index contributed by atoms with van der Waals surface area (Å²) in [6, 6.07) is 0. The summed E-state index contributed by atoms with van der Waals surface area (Å²) in [5, 5.41) is 0. The molecule has 0 saturated carbocycles. The van der Waals surface area contributed by atoms with Crippen LogP contribution in [0.2, 0.25) is 0 Å². The minimum atomic E-state index is -0.201. The van der Waals surface area contributed by atoms with E-state index in [1.807, 2.05) is 0 Å². The molecule has 0 aromatic rings. The molecule has 0 aromatic carbocycles. The molecule has 0 spiro atoms. The van der Waals surface area contributed by atoms with Gasteiger partial charge in [-0.05, 0) is 12.8 Å². The Morgan fingerprint density at radius 1 is 1.60 bits per heavy atom. The quantitative estimate of drug-likeness (QED) is 0.444. The normalized spacial score (nSPS) is 12.5. The first-order valence-corrected chi connectivity index (χ1v) is 3.89. The topological polar surface area (TPSA) is 9.23 Å². The van der Waals surface area contributed by atoms with Gasteiger partial charge in [0.15, 0.2) is 0 Å². The third-order valence-electron chi connectivity index (χ3n) is 1.36. The van der Waals surface area contributed by atoms with E-state index < -0.39 is 0 Å². The van der Waals surface area contributed by atoms with Crippen LogP contribution in [0.5, 0.6) is 0 Å². The molecule has 1 unspecified atom stereocenters. The molecule has 0 amide bonds. The van der Waals surface area contributed by atoms with Gasteiger partial charge >= 0.3 is 0 Å². The lowest BCUT2D eigenvalue weighted by atomic mass is 10.1. The van der Waals surface area contributed by atoms with E-state index in [4.69, 9.17) is 18.3 Å². The van der Waals surface area contributed by atoms with E-state index in [1.54, 1.807) is 0 Å². The average molecular weight is 161 g/mol. The molecule has 0 aliphatic heterocycles. The first-order valence-electron chi connectivity index (χ1n) is 3.58. The molecule has 0 saturated heterocycles. The zero-order valence-electron chi connectivity index (χ0n) is 6.27. The van der Waals surface area contributed by atoms with Crippen molar-refractivity contribution in [2.24, 2.45) is 0 Å². The largest absolute Gasteiger partial charge is 0.263 e. The first-order chi connectivity index (χ1) is 4.85. The van der Waals surface area contributed by atoms with Gasteiger partial charge in [0.05, 0.1) is 11.9 Å². The number of hydrogen-bond acceptors (Lipinski definition) is 1. The molecule has 10 heavy (non-hydrogen) atoms. The number of rotatable bonds is 5. The lowest BCUT2D eigenvalue weighted by Crippen LogP contribution is -2.03. The maximum Gasteiger partial charge on any atom is 0.139 e. The van der Waals surface area contributed by atoms with Crippen LogP contribution in [-0.4, -0.2) is 6.10 Å². The molecule has 0 heterocycles. The van der Waals surface area contributed by atoms with Gasteiger partial charge in [0.1, 0.15) is 6.10 Å². The highest BCUT2D eigenvalue weighted by Gasteiger charge is 2.01. The highest BCUT2D eigenvalue weighted by Crippen LogP contribution is 2.06. The van der Waals surface area contributed by atoms with Crippen molar-refractivity contribution >= 4 is 11.9 Å². The van der Waals surface area contributed by atoms with Gasteiger partial charge in [0.2, 0.25) is 0 Å². The van der Waals surface area contributed by atoms with Gasteiger partial charge < -0.3 is 0 Å². The van der Waals surface area contributed by atoms with Gasteiger partial charge in [-0.15, -0.1) is 6.42 Å². The van der Waals surface area contributed by atoms with E-state index >= 15 is 0 Å². The summed E-state index contributed by atoms with van der Waals surface area (Å²) < 4.78 is 4.48. The van der Waals surface area contributed by atoms with Crippen molar-refractivity contribution < 1.29 is 4.29 Å². The number of halogens is 1. The summed E-state index contributed by atoms with van der Waals surface area (Å²) in [5.41, 5.74) is 0. The molecule has 58 valence electrons. The summed E-state index contributed by atoms with van der Waals surface area (Å²) in [4.78, 5) is 0. The van der Waals surface area contributed by atoms with Crippen molar-refractivity contribution in [1.82, 2.24) is 0 Å². The van der Waals surface area contributed by atoms with E-state index in [1.165, 1.54) is 12.8 Å². The highest BCUT2D eigenvalue weighted by molar-refractivity contribution is 6.07. The predicted octanol–water partition coefficient (Wildman–Crippen LogP) is 2.74. The van der Waals surface area contributed by atoms with Gasteiger partial charge in [-0.25, -0.2) is 0 Å². The monoisotopic (exact) mass is 160 g/mol. The zero-order chi connectivity index (χ0) is 7.82. The smallest absolute Gasteiger partial charge is 0.139 e. The Balaban J connectivity index is 3.20. The van der Waals surface area contributed by atoms with Crippen LogP contribution in [0.1, 0.15) is 32.6 Å². The Morgan fingerprint density at radius 2 is 2.30 bits per heavy atom. The molecule has 0 bridgehead atoms. The third kappa shape index (κ3) is 4.67. The third-order valence-corrected chi connectivity index (χ3v) is 1.58. The van der Waals surface area contributed by atoms with Crippen LogP contribution in [0.3, 0.4) is 0 Å². The minimum absolute atomic E-state index is 0.201. The van der Waals surface area contributed by atoms with Crippen molar-refractivity contribution in [2.75, 3.05) is 0 Å². The van der Waals surface area contributed by atoms with Gasteiger partial charge in [-0.3, -0.25) is 4.29 Å². The molecule has 0 aromatic heterocycles. The van der Waals surface area contributed by atoms with Crippen molar-refractivity contribution in [2.45, 2.75) is 38.7 Å². The van der Waals surface area contributed by atoms with Crippen LogP contribution in [-0.2, 0) is 4.29 Å². The van der Waals surface area contributed by atoms with Gasteiger partial charge in [0, 0.05) is 0 Å². The van der Waals surface area contributed by atoms with Crippen LogP contribution >= 0.6 is 11.9 Å². The van der Waals surface area contributed by atoms with Crippen molar-refractivity contribution in [3.63, 3.8) is 0 Å². The molecule has 0 aliphatic rings. The van der Waals surface area contributed by atoms with E-state index in [0.29, 0.717) is 0 Å². The molecule has 0 fully saturated rings. The van der Waals surface area contributed by atoms with Crippen LogP contribution in [0.15, 0.2) is 0 Å². The molecule has 0 radical (unpaired) electrons. The number of hydrogen-bond donors (Lipinski definition) is 0. The summed E-state index contributed by atoms with van der Waals surface area (Å²) in [5.74, 6) is 2.46. The molecule has 0 N–H and O–H groups in total. The fraction of sp³-hybridized carbons (Fsp3) is 0.750. The van der Waals surface area contributed by atoms with Crippen molar-refractivity contribution in [3.8, 4) is 12.3 Å². The van der Waals surface area contributed by atoms with Crippen LogP contribution in [0, 0.1) is 12.3 Å². The van der Waals surface area contributed by atoms with Crippen molar-refractivity contribution in [3.05, 3.63) is 0 Å². The number of terminal acetylenes is 1. The molecule has 1 nitrogen and oxygen atoms in total. The average Bonchev–Trinajstić information content (AvgIpc) is 1.99. The van der Waals surface area contributed by atoms with Crippen LogP contribution in [0.25, 0.3) is 0 Å². The van der Waals surface area contributed by atoms with E-state index in [2.05, 4.69) is 17.1 Å². The second-order valence-electron chi connectivity index (χ2n) is 2.24. The molecule has 0 rings (SSSR count).